The van der Waals surface area contributed by atoms with Crippen LogP contribution in [0.5, 0.6) is 0 Å². The Morgan fingerprint density at radius 3 is 1.85 bits per heavy atom. The van der Waals surface area contributed by atoms with Gasteiger partial charge in [-0.15, -0.1) is 6.58 Å². The predicted octanol–water partition coefficient (Wildman–Crippen LogP) is 9.97. The van der Waals surface area contributed by atoms with Gasteiger partial charge < -0.3 is 0 Å². The van der Waals surface area contributed by atoms with Gasteiger partial charge in [-0.1, -0.05) is 92.1 Å². The highest BCUT2D eigenvalue weighted by Crippen LogP contribution is 2.39. The molecule has 0 radical (unpaired) electrons. The van der Waals surface area contributed by atoms with Gasteiger partial charge in [-0.25, -0.2) is 0 Å². The van der Waals surface area contributed by atoms with Crippen molar-refractivity contribution in [3.8, 4) is 0 Å². The van der Waals surface area contributed by atoms with Crippen molar-refractivity contribution in [1.82, 2.24) is 0 Å². The summed E-state index contributed by atoms with van der Waals surface area (Å²) >= 11 is 3.65. The second kappa shape index (κ2) is 15.4. The Balaban J connectivity index is 3.08. The largest absolute Gasteiger partial charge is 0.103 e. The van der Waals surface area contributed by atoms with Gasteiger partial charge in [-0.3, -0.25) is 0 Å². The lowest BCUT2D eigenvalue weighted by Gasteiger charge is -2.26. The molecule has 0 amide bonds. The average Bonchev–Trinajstić information content (AvgIpc) is 2.66. The Kier molecular flexibility index (Phi) is 13.9. The molecule has 0 nitrogen and oxygen atoms in total. The second-order valence-corrected chi connectivity index (χ2v) is 9.30. The quantitative estimate of drug-likeness (QED) is 0.188. The highest BCUT2D eigenvalue weighted by molar-refractivity contribution is 9.11. The van der Waals surface area contributed by atoms with E-state index in [1.165, 1.54) is 89.9 Å². The SMILES string of the molecule is C=CC/C(CCCCCC)=C1\CCCC\C1=C(/CCCCCC)CC(=C)Br. The Hall–Kier alpha value is -0.560. The zero-order valence-corrected chi connectivity index (χ0v) is 19.8. The molecule has 1 rings (SSSR count). The fourth-order valence-electron chi connectivity index (χ4n) is 4.34. The van der Waals surface area contributed by atoms with Crippen molar-refractivity contribution in [3.63, 3.8) is 0 Å². The fraction of sp³-hybridized carbons (Fsp3) is 0.692. The van der Waals surface area contributed by atoms with Gasteiger partial charge in [0.25, 0.3) is 0 Å². The first kappa shape index (κ1) is 24.5. The van der Waals surface area contributed by atoms with Gasteiger partial charge in [-0.05, 0) is 79.8 Å². The van der Waals surface area contributed by atoms with Crippen LogP contribution in [0.4, 0.5) is 0 Å². The molecule has 1 aliphatic rings. The third kappa shape index (κ3) is 9.97. The number of hydrogen-bond acceptors (Lipinski definition) is 0. The van der Waals surface area contributed by atoms with Crippen LogP contribution in [-0.4, -0.2) is 0 Å². The van der Waals surface area contributed by atoms with Crippen LogP contribution in [0.2, 0.25) is 0 Å². The molecule has 0 aliphatic heterocycles. The van der Waals surface area contributed by atoms with Crippen molar-refractivity contribution < 1.29 is 0 Å². The molecule has 154 valence electrons. The maximum absolute atomic E-state index is 4.16. The molecule has 0 bridgehead atoms. The van der Waals surface area contributed by atoms with E-state index in [2.05, 4.69) is 49.0 Å². The molecule has 0 spiro atoms. The number of hydrogen-bond donors (Lipinski definition) is 0. The predicted molar refractivity (Wildman–Crippen MR) is 128 cm³/mol. The molecular weight excluding hydrogens is 392 g/mol. The van der Waals surface area contributed by atoms with Crippen LogP contribution in [0, 0.1) is 0 Å². The molecule has 0 N–H and O–H groups in total. The molecule has 1 saturated carbocycles. The van der Waals surface area contributed by atoms with Crippen LogP contribution in [0.1, 0.15) is 117 Å². The summed E-state index contributed by atoms with van der Waals surface area (Å²) in [4.78, 5) is 0. The van der Waals surface area contributed by atoms with Gasteiger partial charge in [0.1, 0.15) is 0 Å². The molecule has 0 saturated heterocycles. The van der Waals surface area contributed by atoms with E-state index in [9.17, 15) is 0 Å². The molecule has 27 heavy (non-hydrogen) atoms. The minimum Gasteiger partial charge on any atom is -0.103 e. The van der Waals surface area contributed by atoms with E-state index in [1.807, 2.05) is 0 Å². The van der Waals surface area contributed by atoms with Gasteiger partial charge >= 0.3 is 0 Å². The third-order valence-corrected chi connectivity index (χ3v) is 6.06. The molecule has 0 atom stereocenters. The summed E-state index contributed by atoms with van der Waals surface area (Å²) in [5.41, 5.74) is 6.75. The molecule has 1 aliphatic carbocycles. The molecule has 0 unspecified atom stereocenters. The summed E-state index contributed by atoms with van der Waals surface area (Å²) in [5.74, 6) is 0. The Morgan fingerprint density at radius 2 is 1.37 bits per heavy atom. The van der Waals surface area contributed by atoms with Gasteiger partial charge in [0, 0.05) is 0 Å². The molecule has 0 aromatic rings. The average molecular weight is 436 g/mol. The number of halogens is 1. The van der Waals surface area contributed by atoms with Crippen LogP contribution in [0.15, 0.2) is 46.0 Å². The van der Waals surface area contributed by atoms with Crippen LogP contribution in [0.25, 0.3) is 0 Å². The standard InChI is InChI=1S/C26H43Br/c1-5-8-10-12-17-23(16-7-3)25-19-14-15-20-26(25)24(21-22(4)27)18-13-11-9-6-2/h7H,3-6,8-21H2,1-2H3/b25-23-,26-24-. The smallest absolute Gasteiger partial charge is 0.0000697 e. The summed E-state index contributed by atoms with van der Waals surface area (Å²) in [6, 6.07) is 0. The minimum atomic E-state index is 1.03. The van der Waals surface area contributed by atoms with Gasteiger partial charge in [0.05, 0.1) is 0 Å². The summed E-state index contributed by atoms with van der Waals surface area (Å²) in [5, 5.41) is 0. The topological polar surface area (TPSA) is 0 Å². The third-order valence-electron chi connectivity index (χ3n) is 5.78. The van der Waals surface area contributed by atoms with E-state index in [-0.39, 0.29) is 0 Å². The Labute approximate surface area is 178 Å². The first-order valence-electron chi connectivity index (χ1n) is 11.5. The lowest BCUT2D eigenvalue weighted by Crippen LogP contribution is -2.07. The van der Waals surface area contributed by atoms with Crippen LogP contribution in [-0.2, 0) is 0 Å². The number of unbranched alkanes of at least 4 members (excludes halogenated alkanes) is 6. The monoisotopic (exact) mass is 434 g/mol. The van der Waals surface area contributed by atoms with E-state index in [4.69, 9.17) is 0 Å². The van der Waals surface area contributed by atoms with Crippen LogP contribution < -0.4 is 0 Å². The van der Waals surface area contributed by atoms with E-state index in [0.717, 1.165) is 17.3 Å². The van der Waals surface area contributed by atoms with Crippen LogP contribution in [0.3, 0.4) is 0 Å². The van der Waals surface area contributed by atoms with E-state index < -0.39 is 0 Å². The first-order chi connectivity index (χ1) is 13.1. The summed E-state index contributed by atoms with van der Waals surface area (Å²) < 4.78 is 1.14. The number of allylic oxidation sites excluding steroid dienone is 6. The van der Waals surface area contributed by atoms with Gasteiger partial charge in [-0.2, -0.15) is 0 Å². The molecule has 1 fully saturated rings. The molecule has 0 heterocycles. The summed E-state index contributed by atoms with van der Waals surface area (Å²) in [6.45, 7) is 12.8. The summed E-state index contributed by atoms with van der Waals surface area (Å²) in [7, 11) is 0. The highest BCUT2D eigenvalue weighted by atomic mass is 79.9. The van der Waals surface area contributed by atoms with Crippen LogP contribution >= 0.6 is 15.9 Å². The van der Waals surface area contributed by atoms with Crippen molar-refractivity contribution >= 4 is 15.9 Å². The fourth-order valence-corrected chi connectivity index (χ4v) is 4.68. The maximum Gasteiger partial charge on any atom is -0.0000697 e. The molecular formula is C26H43Br. The van der Waals surface area contributed by atoms with Crippen molar-refractivity contribution in [3.05, 3.63) is 46.0 Å². The van der Waals surface area contributed by atoms with E-state index in [1.54, 1.807) is 22.3 Å². The second-order valence-electron chi connectivity index (χ2n) is 8.18. The summed E-state index contributed by atoms with van der Waals surface area (Å²) in [6.07, 6.45) is 22.7. The van der Waals surface area contributed by atoms with E-state index in [0.29, 0.717) is 0 Å². The first-order valence-corrected chi connectivity index (χ1v) is 12.3. The zero-order valence-electron chi connectivity index (χ0n) is 18.2. The minimum absolute atomic E-state index is 1.03. The van der Waals surface area contributed by atoms with Crippen molar-refractivity contribution in [2.24, 2.45) is 0 Å². The lowest BCUT2D eigenvalue weighted by atomic mass is 9.80. The maximum atomic E-state index is 4.16. The van der Waals surface area contributed by atoms with E-state index >= 15 is 0 Å². The van der Waals surface area contributed by atoms with Crippen molar-refractivity contribution in [2.45, 2.75) is 117 Å². The molecule has 0 aromatic heterocycles. The lowest BCUT2D eigenvalue weighted by molar-refractivity contribution is 0.622. The van der Waals surface area contributed by atoms with Crippen molar-refractivity contribution in [1.29, 1.82) is 0 Å². The zero-order chi connectivity index (χ0) is 19.9. The molecule has 1 heteroatoms. The number of rotatable bonds is 14. The molecule has 0 aromatic carbocycles. The van der Waals surface area contributed by atoms with Gasteiger partial charge in [0.15, 0.2) is 0 Å². The Morgan fingerprint density at radius 1 is 0.852 bits per heavy atom. The van der Waals surface area contributed by atoms with Gasteiger partial charge in [0.2, 0.25) is 0 Å². The Bertz CT molecular complexity index is 506. The van der Waals surface area contributed by atoms with Crippen molar-refractivity contribution in [2.75, 3.05) is 0 Å². The highest BCUT2D eigenvalue weighted by Gasteiger charge is 2.19. The normalized spacial score (nSPS) is 18.3.